The second-order valence-electron chi connectivity index (χ2n) is 5.62. The summed E-state index contributed by atoms with van der Waals surface area (Å²) in [4.78, 5) is 36.3. The molecular formula is C22H14N4O2. The van der Waals surface area contributed by atoms with Gasteiger partial charge in [-0.1, -0.05) is 24.3 Å². The summed E-state index contributed by atoms with van der Waals surface area (Å²) in [5.74, 6) is 0. The first-order chi connectivity index (χ1) is 13.8. The predicted molar refractivity (Wildman–Crippen MR) is 109 cm³/mol. The van der Waals surface area contributed by atoms with Crippen molar-refractivity contribution in [2.45, 2.75) is 0 Å². The molecule has 0 heterocycles. The largest absolute Gasteiger partial charge is 0.256 e. The van der Waals surface area contributed by atoms with Gasteiger partial charge in [0.1, 0.15) is 0 Å². The van der Waals surface area contributed by atoms with Crippen molar-refractivity contribution in [2.24, 2.45) is 20.0 Å². The number of aliphatic imine (C=N–C) groups is 4. The van der Waals surface area contributed by atoms with Crippen LogP contribution in [0, 0.1) is 0 Å². The van der Waals surface area contributed by atoms with Gasteiger partial charge in [0, 0.05) is 12.4 Å². The Bertz CT molecular complexity index is 996. The molecule has 0 aliphatic heterocycles. The molecule has 0 aliphatic carbocycles. The van der Waals surface area contributed by atoms with Crippen molar-refractivity contribution >= 4 is 47.3 Å². The minimum absolute atomic E-state index is 0.545. The topological polar surface area (TPSA) is 83.6 Å². The van der Waals surface area contributed by atoms with Gasteiger partial charge >= 0.3 is 0 Å². The number of hydrogen-bond donors (Lipinski definition) is 0. The van der Waals surface area contributed by atoms with Crippen LogP contribution < -0.4 is 0 Å². The van der Waals surface area contributed by atoms with Crippen LogP contribution in [0.5, 0.6) is 0 Å². The van der Waals surface area contributed by atoms with Crippen molar-refractivity contribution in [3.05, 3.63) is 83.9 Å². The van der Waals surface area contributed by atoms with E-state index in [1.165, 1.54) is 12.2 Å². The van der Waals surface area contributed by atoms with Crippen molar-refractivity contribution in [3.63, 3.8) is 0 Å². The molecule has 0 aromatic heterocycles. The smallest absolute Gasteiger partial charge is 0.240 e. The molecule has 0 bridgehead atoms. The molecule has 6 heteroatoms. The molecule has 0 amide bonds. The number of hydrogen-bond acceptors (Lipinski definition) is 6. The minimum atomic E-state index is 0.545. The van der Waals surface area contributed by atoms with Crippen LogP contribution in [0.3, 0.4) is 0 Å². The number of benzene rings is 3. The predicted octanol–water partition coefficient (Wildman–Crippen LogP) is 5.12. The first-order valence-corrected chi connectivity index (χ1v) is 8.31. The zero-order valence-corrected chi connectivity index (χ0v) is 14.7. The van der Waals surface area contributed by atoms with E-state index in [0.29, 0.717) is 11.4 Å². The zero-order chi connectivity index (χ0) is 19.6. The highest BCUT2D eigenvalue weighted by Crippen LogP contribution is 2.19. The summed E-state index contributed by atoms with van der Waals surface area (Å²) in [6.45, 7) is 0. The Morgan fingerprint density at radius 2 is 0.821 bits per heavy atom. The van der Waals surface area contributed by atoms with Gasteiger partial charge in [0.15, 0.2) is 0 Å². The second-order valence-corrected chi connectivity index (χ2v) is 5.62. The monoisotopic (exact) mass is 366 g/mol. The van der Waals surface area contributed by atoms with Crippen LogP contribution in [0.1, 0.15) is 11.1 Å². The highest BCUT2D eigenvalue weighted by Gasteiger charge is 1.94. The number of rotatable bonds is 6. The molecule has 6 nitrogen and oxygen atoms in total. The molecule has 134 valence electrons. The highest BCUT2D eigenvalue weighted by molar-refractivity contribution is 5.86. The second kappa shape index (κ2) is 9.46. The molecule has 28 heavy (non-hydrogen) atoms. The van der Waals surface area contributed by atoms with Crippen LogP contribution in [0.2, 0.25) is 0 Å². The van der Waals surface area contributed by atoms with E-state index in [1.807, 2.05) is 24.3 Å². The van der Waals surface area contributed by atoms with E-state index in [1.54, 1.807) is 61.0 Å². The first-order valence-electron chi connectivity index (χ1n) is 8.31. The molecule has 3 aromatic rings. The third-order valence-corrected chi connectivity index (χ3v) is 3.71. The molecular weight excluding hydrogens is 352 g/mol. The Kier molecular flexibility index (Phi) is 6.26. The van der Waals surface area contributed by atoms with Crippen molar-refractivity contribution < 1.29 is 9.59 Å². The van der Waals surface area contributed by atoms with Crippen LogP contribution in [-0.2, 0) is 9.59 Å². The Labute approximate surface area is 161 Å². The fraction of sp³-hybridized carbons (Fsp3) is 0. The summed E-state index contributed by atoms with van der Waals surface area (Å²) in [7, 11) is 0. The maximum absolute atomic E-state index is 10.2. The molecule has 0 N–H and O–H groups in total. The lowest BCUT2D eigenvalue weighted by molar-refractivity contribution is 0.564. The Balaban J connectivity index is 1.64. The molecule has 0 saturated heterocycles. The maximum atomic E-state index is 10.2. The van der Waals surface area contributed by atoms with Gasteiger partial charge in [-0.2, -0.15) is 9.98 Å². The Morgan fingerprint density at radius 3 is 1.14 bits per heavy atom. The molecule has 0 spiro atoms. The first kappa shape index (κ1) is 18.5. The third kappa shape index (κ3) is 5.38. The minimum Gasteiger partial charge on any atom is -0.256 e. The van der Waals surface area contributed by atoms with E-state index in [0.717, 1.165) is 22.5 Å². The lowest BCUT2D eigenvalue weighted by Gasteiger charge is -1.97. The normalized spacial score (nSPS) is 10.6. The lowest BCUT2D eigenvalue weighted by atomic mass is 10.1. The molecule has 3 rings (SSSR count). The van der Waals surface area contributed by atoms with Gasteiger partial charge in [0.05, 0.1) is 22.7 Å². The van der Waals surface area contributed by atoms with Crippen molar-refractivity contribution in [1.29, 1.82) is 0 Å². The van der Waals surface area contributed by atoms with Crippen molar-refractivity contribution in [2.75, 3.05) is 0 Å². The van der Waals surface area contributed by atoms with Crippen LogP contribution in [0.25, 0.3) is 0 Å². The number of carbonyl (C=O) groups excluding carboxylic acids is 2. The van der Waals surface area contributed by atoms with E-state index in [2.05, 4.69) is 20.0 Å². The van der Waals surface area contributed by atoms with Crippen molar-refractivity contribution in [3.8, 4) is 0 Å². The van der Waals surface area contributed by atoms with Gasteiger partial charge in [-0.3, -0.25) is 9.98 Å². The number of nitrogens with zero attached hydrogens (tertiary/aromatic N) is 4. The lowest BCUT2D eigenvalue weighted by Crippen LogP contribution is -1.84. The summed E-state index contributed by atoms with van der Waals surface area (Å²) in [5, 5.41) is 0. The van der Waals surface area contributed by atoms with Crippen LogP contribution >= 0.6 is 0 Å². The summed E-state index contributed by atoms with van der Waals surface area (Å²) >= 11 is 0. The zero-order valence-electron chi connectivity index (χ0n) is 14.7. The van der Waals surface area contributed by atoms with Crippen LogP contribution in [0.15, 0.2) is 92.8 Å². The van der Waals surface area contributed by atoms with Gasteiger partial charge in [-0.15, -0.1) is 0 Å². The summed E-state index contributed by atoms with van der Waals surface area (Å²) in [6.07, 6.45) is 6.52. The van der Waals surface area contributed by atoms with E-state index >= 15 is 0 Å². The molecule has 0 aliphatic rings. The summed E-state index contributed by atoms with van der Waals surface area (Å²) in [5.41, 5.74) is 4.51. The molecule has 0 radical (unpaired) electrons. The molecule has 0 fully saturated rings. The molecule has 0 saturated carbocycles. The maximum Gasteiger partial charge on any atom is 0.240 e. The van der Waals surface area contributed by atoms with Gasteiger partial charge in [-0.05, 0) is 59.7 Å². The van der Waals surface area contributed by atoms with Gasteiger partial charge in [-0.25, -0.2) is 9.59 Å². The van der Waals surface area contributed by atoms with Gasteiger partial charge in [0.2, 0.25) is 12.2 Å². The molecule has 0 atom stereocenters. The quantitative estimate of drug-likeness (QED) is 0.448. The molecule has 3 aromatic carbocycles. The van der Waals surface area contributed by atoms with Gasteiger partial charge in [0.25, 0.3) is 0 Å². The van der Waals surface area contributed by atoms with E-state index in [4.69, 9.17) is 0 Å². The SMILES string of the molecule is O=C=Nc1ccc(N=Cc2ccc(C=Nc3ccc(N=C=O)cc3)cc2)cc1. The highest BCUT2D eigenvalue weighted by atomic mass is 16.1. The third-order valence-electron chi connectivity index (χ3n) is 3.71. The Morgan fingerprint density at radius 1 is 0.500 bits per heavy atom. The van der Waals surface area contributed by atoms with Crippen LogP contribution in [0.4, 0.5) is 22.7 Å². The Hall–Kier alpha value is -4.24. The van der Waals surface area contributed by atoms with E-state index in [-0.39, 0.29) is 0 Å². The van der Waals surface area contributed by atoms with E-state index < -0.39 is 0 Å². The average molecular weight is 366 g/mol. The van der Waals surface area contributed by atoms with Crippen LogP contribution in [-0.4, -0.2) is 24.6 Å². The fourth-order valence-corrected chi connectivity index (χ4v) is 2.30. The van der Waals surface area contributed by atoms with E-state index in [9.17, 15) is 9.59 Å². The standard InChI is InChI=1S/C22H14N4O2/c27-15-25-21-9-5-19(6-10-21)23-13-17-1-2-18(4-3-17)14-24-20-7-11-22(12-8-20)26-16-28/h1-14H. The summed E-state index contributed by atoms with van der Waals surface area (Å²) < 4.78 is 0. The van der Waals surface area contributed by atoms with Crippen molar-refractivity contribution in [1.82, 2.24) is 0 Å². The number of isocyanates is 2. The fourth-order valence-electron chi connectivity index (χ4n) is 2.30. The average Bonchev–Trinajstić information content (AvgIpc) is 2.74. The summed E-state index contributed by atoms with van der Waals surface area (Å²) in [6, 6.07) is 21.7. The van der Waals surface area contributed by atoms with Gasteiger partial charge < -0.3 is 0 Å². The molecule has 0 unspecified atom stereocenters.